The summed E-state index contributed by atoms with van der Waals surface area (Å²) in [5.41, 5.74) is 2.20. The van der Waals surface area contributed by atoms with Crippen molar-refractivity contribution in [2.24, 2.45) is 0 Å². The summed E-state index contributed by atoms with van der Waals surface area (Å²) < 4.78 is 5.03. The fourth-order valence-corrected chi connectivity index (χ4v) is 1.90. The van der Waals surface area contributed by atoms with Crippen LogP contribution in [0.2, 0.25) is 0 Å². The molecule has 0 spiro atoms. The van der Waals surface area contributed by atoms with Crippen molar-refractivity contribution in [1.29, 1.82) is 0 Å². The van der Waals surface area contributed by atoms with Crippen molar-refractivity contribution in [3.8, 4) is 5.75 Å². The molecular weight excluding hydrogens is 242 g/mol. The van der Waals surface area contributed by atoms with Crippen molar-refractivity contribution in [3.63, 3.8) is 0 Å². The molecule has 0 atom stereocenters. The molecule has 0 radical (unpaired) electrons. The highest BCUT2D eigenvalue weighted by molar-refractivity contribution is 5.47. The zero-order valence-electron chi connectivity index (χ0n) is 11.1. The first kappa shape index (κ1) is 13.1. The lowest BCUT2D eigenvalue weighted by Crippen LogP contribution is -2.15. The van der Waals surface area contributed by atoms with Crippen molar-refractivity contribution < 1.29 is 4.74 Å². The maximum absolute atomic E-state index is 11.5. The maximum Gasteiger partial charge on any atom is 0.295 e. The Balaban J connectivity index is 2.00. The first-order valence-corrected chi connectivity index (χ1v) is 6.12. The molecule has 0 unspecified atom stereocenters. The third-order valence-electron chi connectivity index (χ3n) is 2.80. The van der Waals surface area contributed by atoms with Crippen LogP contribution in [0, 0.1) is 6.92 Å². The van der Waals surface area contributed by atoms with Gasteiger partial charge in [-0.05, 0) is 18.9 Å². The smallest absolute Gasteiger partial charge is 0.295 e. The van der Waals surface area contributed by atoms with Crippen LogP contribution in [-0.2, 0) is 6.42 Å². The van der Waals surface area contributed by atoms with Gasteiger partial charge in [0.15, 0.2) is 5.82 Å². The van der Waals surface area contributed by atoms with E-state index in [-0.39, 0.29) is 11.3 Å². The average molecular weight is 259 g/mol. The van der Waals surface area contributed by atoms with Crippen molar-refractivity contribution in [2.45, 2.75) is 13.3 Å². The van der Waals surface area contributed by atoms with Crippen LogP contribution in [0.4, 0.5) is 5.82 Å². The zero-order chi connectivity index (χ0) is 13.7. The van der Waals surface area contributed by atoms with E-state index in [1.807, 2.05) is 6.07 Å². The number of hydrogen-bond acceptors (Lipinski definition) is 4. The molecule has 0 aliphatic heterocycles. The van der Waals surface area contributed by atoms with E-state index in [0.717, 1.165) is 6.42 Å². The molecule has 1 heterocycles. The Labute approximate surface area is 111 Å². The van der Waals surface area contributed by atoms with Gasteiger partial charge >= 0.3 is 0 Å². The van der Waals surface area contributed by atoms with Gasteiger partial charge in [0.05, 0.1) is 13.4 Å². The molecular formula is C14H17N3O2. The molecule has 0 aliphatic rings. The van der Waals surface area contributed by atoms with Crippen molar-refractivity contribution >= 4 is 5.82 Å². The predicted molar refractivity (Wildman–Crippen MR) is 74.8 cm³/mol. The minimum atomic E-state index is -0.282. The zero-order valence-corrected chi connectivity index (χ0v) is 11.1. The average Bonchev–Trinajstić information content (AvgIpc) is 2.39. The number of H-pyrrole nitrogens is 1. The molecule has 0 saturated carbocycles. The molecule has 1 aromatic carbocycles. The maximum atomic E-state index is 11.5. The number of methoxy groups -OCH3 is 1. The van der Waals surface area contributed by atoms with Crippen molar-refractivity contribution in [3.05, 3.63) is 52.1 Å². The number of nitrogens with zero attached hydrogens (tertiary/aromatic N) is 1. The minimum absolute atomic E-state index is 0.215. The van der Waals surface area contributed by atoms with E-state index in [4.69, 9.17) is 4.74 Å². The lowest BCUT2D eigenvalue weighted by Gasteiger charge is -2.09. The second-order valence-corrected chi connectivity index (χ2v) is 4.28. The Bertz CT molecular complexity index is 608. The van der Waals surface area contributed by atoms with E-state index in [0.29, 0.717) is 12.4 Å². The van der Waals surface area contributed by atoms with E-state index >= 15 is 0 Å². The lowest BCUT2D eigenvalue weighted by atomic mass is 10.1. The fraction of sp³-hybridized carbons (Fsp3) is 0.286. The van der Waals surface area contributed by atoms with E-state index < -0.39 is 0 Å². The Kier molecular flexibility index (Phi) is 4.18. The summed E-state index contributed by atoms with van der Waals surface area (Å²) in [6.07, 6.45) is 2.22. The lowest BCUT2D eigenvalue weighted by molar-refractivity contribution is 0.408. The molecule has 0 bridgehead atoms. The van der Waals surface area contributed by atoms with Gasteiger partial charge in [0.2, 0.25) is 5.75 Å². The van der Waals surface area contributed by atoms with Crippen LogP contribution in [0.15, 0.2) is 35.4 Å². The topological polar surface area (TPSA) is 67.0 Å². The quantitative estimate of drug-likeness (QED) is 0.858. The van der Waals surface area contributed by atoms with E-state index in [9.17, 15) is 4.79 Å². The molecule has 2 aromatic rings. The van der Waals surface area contributed by atoms with Crippen LogP contribution in [-0.4, -0.2) is 23.6 Å². The number of ether oxygens (including phenoxy) is 1. The van der Waals surface area contributed by atoms with Crippen LogP contribution in [0.3, 0.4) is 0 Å². The summed E-state index contributed by atoms with van der Waals surface area (Å²) in [4.78, 5) is 18.0. The number of benzene rings is 1. The minimum Gasteiger partial charge on any atom is -0.489 e. The Morgan fingerprint density at radius 3 is 3.00 bits per heavy atom. The van der Waals surface area contributed by atoms with Crippen LogP contribution in [0.25, 0.3) is 0 Å². The Morgan fingerprint density at radius 1 is 1.42 bits per heavy atom. The number of nitrogens with one attached hydrogen (secondary N) is 2. The van der Waals surface area contributed by atoms with Gasteiger partial charge in [-0.25, -0.2) is 4.98 Å². The molecule has 2 N–H and O–H groups in total. The summed E-state index contributed by atoms with van der Waals surface area (Å²) in [5, 5.41) is 3.12. The van der Waals surface area contributed by atoms with Gasteiger partial charge in [0, 0.05) is 6.54 Å². The van der Waals surface area contributed by atoms with Gasteiger partial charge in [-0.1, -0.05) is 29.8 Å². The molecule has 5 nitrogen and oxygen atoms in total. The highest BCUT2D eigenvalue weighted by Crippen LogP contribution is 2.14. The van der Waals surface area contributed by atoms with E-state index in [1.54, 1.807) is 0 Å². The van der Waals surface area contributed by atoms with Gasteiger partial charge in [0.1, 0.15) is 0 Å². The van der Waals surface area contributed by atoms with Crippen LogP contribution in [0.1, 0.15) is 11.1 Å². The van der Waals surface area contributed by atoms with E-state index in [2.05, 4.69) is 40.4 Å². The summed E-state index contributed by atoms with van der Waals surface area (Å²) in [6.45, 7) is 2.76. The van der Waals surface area contributed by atoms with Gasteiger partial charge in [-0.15, -0.1) is 0 Å². The number of aromatic amines is 1. The van der Waals surface area contributed by atoms with Crippen molar-refractivity contribution in [1.82, 2.24) is 9.97 Å². The highest BCUT2D eigenvalue weighted by atomic mass is 16.5. The number of hydrogen-bond donors (Lipinski definition) is 2. The van der Waals surface area contributed by atoms with Gasteiger partial charge in [0.25, 0.3) is 5.56 Å². The van der Waals surface area contributed by atoms with Gasteiger partial charge < -0.3 is 15.0 Å². The van der Waals surface area contributed by atoms with Crippen molar-refractivity contribution in [2.75, 3.05) is 19.0 Å². The number of aromatic nitrogens is 2. The number of aryl methyl sites for hydroxylation is 1. The summed E-state index contributed by atoms with van der Waals surface area (Å²) in [7, 11) is 1.46. The Hall–Kier alpha value is -2.30. The molecule has 0 fully saturated rings. The van der Waals surface area contributed by atoms with Crippen LogP contribution in [0.5, 0.6) is 5.75 Å². The fourth-order valence-electron chi connectivity index (χ4n) is 1.90. The first-order valence-electron chi connectivity index (χ1n) is 6.12. The standard InChI is InChI=1S/C14H17N3O2/c1-10-4-3-5-11(8-10)6-7-15-13-12(19-2)14(18)17-9-16-13/h3-5,8-9H,6-7H2,1-2H3,(H2,15,16,17,18). The predicted octanol–water partition coefficient (Wildman–Crippen LogP) is 1.74. The third-order valence-corrected chi connectivity index (χ3v) is 2.80. The molecule has 0 saturated heterocycles. The second kappa shape index (κ2) is 6.04. The molecule has 0 aliphatic carbocycles. The summed E-state index contributed by atoms with van der Waals surface area (Å²) in [5.74, 6) is 0.686. The van der Waals surface area contributed by atoms with Gasteiger partial charge in [-0.2, -0.15) is 0 Å². The number of anilines is 1. The molecule has 100 valence electrons. The highest BCUT2D eigenvalue weighted by Gasteiger charge is 2.07. The van der Waals surface area contributed by atoms with E-state index in [1.165, 1.54) is 24.6 Å². The monoisotopic (exact) mass is 259 g/mol. The second-order valence-electron chi connectivity index (χ2n) is 4.28. The van der Waals surface area contributed by atoms with Crippen LogP contribution >= 0.6 is 0 Å². The molecule has 19 heavy (non-hydrogen) atoms. The van der Waals surface area contributed by atoms with Crippen LogP contribution < -0.4 is 15.6 Å². The normalized spacial score (nSPS) is 10.2. The summed E-state index contributed by atoms with van der Waals surface area (Å²) >= 11 is 0. The molecule has 5 heteroatoms. The Morgan fingerprint density at radius 2 is 2.26 bits per heavy atom. The molecule has 2 rings (SSSR count). The SMILES string of the molecule is COc1c(NCCc2cccc(C)c2)nc[nH]c1=O. The van der Waals surface area contributed by atoms with Gasteiger partial charge in [-0.3, -0.25) is 4.79 Å². The largest absolute Gasteiger partial charge is 0.489 e. The molecule has 0 amide bonds. The number of rotatable bonds is 5. The summed E-state index contributed by atoms with van der Waals surface area (Å²) in [6, 6.07) is 8.33. The third kappa shape index (κ3) is 3.34. The molecule has 1 aromatic heterocycles. The first-order chi connectivity index (χ1) is 9.20.